The van der Waals surface area contributed by atoms with Gasteiger partial charge in [0.15, 0.2) is 5.13 Å². The quantitative estimate of drug-likeness (QED) is 0.397. The first-order valence-corrected chi connectivity index (χ1v) is 10.0. The van der Waals surface area contributed by atoms with Crippen LogP contribution in [-0.4, -0.2) is 4.98 Å². The monoisotopic (exact) mass is 390 g/mol. The van der Waals surface area contributed by atoms with E-state index < -0.39 is 0 Å². The highest BCUT2D eigenvalue weighted by atomic mass is 35.5. The summed E-state index contributed by atoms with van der Waals surface area (Å²) in [6, 6.07) is 28.8. The second-order valence-electron chi connectivity index (χ2n) is 6.30. The number of thiazole rings is 1. The van der Waals surface area contributed by atoms with Crippen LogP contribution in [0.4, 0.5) is 5.13 Å². The van der Waals surface area contributed by atoms with Crippen molar-refractivity contribution in [3.05, 3.63) is 106 Å². The molecule has 1 heterocycles. The maximum absolute atomic E-state index is 6.06. The molecule has 0 amide bonds. The second-order valence-corrected chi connectivity index (χ2v) is 7.82. The minimum atomic E-state index is 0.737. The van der Waals surface area contributed by atoms with E-state index in [0.29, 0.717) is 0 Å². The van der Waals surface area contributed by atoms with Crippen molar-refractivity contribution in [2.75, 3.05) is 5.32 Å². The van der Waals surface area contributed by atoms with Crippen LogP contribution in [0.15, 0.2) is 84.9 Å². The van der Waals surface area contributed by atoms with Crippen LogP contribution in [0.5, 0.6) is 0 Å². The Morgan fingerprint density at radius 1 is 0.778 bits per heavy atom. The molecule has 27 heavy (non-hydrogen) atoms. The smallest absolute Gasteiger partial charge is 0.183 e. The molecule has 0 aliphatic rings. The molecule has 134 valence electrons. The van der Waals surface area contributed by atoms with Crippen molar-refractivity contribution in [2.24, 2.45) is 0 Å². The molecule has 4 rings (SSSR count). The number of halogens is 1. The SMILES string of the molecule is Clc1ccc(-c2nc(NCc3ccccc3)sc2Cc2ccccc2)cc1. The standard InChI is InChI=1S/C23H19ClN2S/c24-20-13-11-19(12-14-20)22-21(15-17-7-3-1-4-8-17)27-23(26-22)25-16-18-9-5-2-6-10-18/h1-14H,15-16H2,(H,25,26). The van der Waals surface area contributed by atoms with E-state index in [1.807, 2.05) is 36.4 Å². The summed E-state index contributed by atoms with van der Waals surface area (Å²) in [7, 11) is 0. The highest BCUT2D eigenvalue weighted by Gasteiger charge is 2.14. The van der Waals surface area contributed by atoms with Gasteiger partial charge in [-0.15, -0.1) is 11.3 Å². The van der Waals surface area contributed by atoms with E-state index in [0.717, 1.165) is 34.4 Å². The fourth-order valence-corrected chi connectivity index (χ4v) is 4.07. The average Bonchev–Trinajstić information content (AvgIpc) is 3.11. The molecule has 0 fully saturated rings. The largest absolute Gasteiger partial charge is 0.357 e. The summed E-state index contributed by atoms with van der Waals surface area (Å²) in [5.41, 5.74) is 4.64. The Morgan fingerprint density at radius 3 is 2.07 bits per heavy atom. The molecule has 0 saturated carbocycles. The Morgan fingerprint density at radius 2 is 1.41 bits per heavy atom. The third-order valence-electron chi connectivity index (χ3n) is 4.31. The number of benzene rings is 3. The maximum Gasteiger partial charge on any atom is 0.183 e. The Hall–Kier alpha value is -2.62. The highest BCUT2D eigenvalue weighted by molar-refractivity contribution is 7.16. The first kappa shape index (κ1) is 17.8. The molecule has 0 aliphatic carbocycles. The van der Waals surface area contributed by atoms with E-state index in [1.54, 1.807) is 11.3 Å². The molecule has 0 atom stereocenters. The van der Waals surface area contributed by atoms with Gasteiger partial charge in [-0.3, -0.25) is 0 Å². The van der Waals surface area contributed by atoms with E-state index in [9.17, 15) is 0 Å². The van der Waals surface area contributed by atoms with Crippen molar-refractivity contribution in [1.82, 2.24) is 4.98 Å². The first-order valence-electron chi connectivity index (χ1n) is 8.85. The van der Waals surface area contributed by atoms with Crippen LogP contribution in [0, 0.1) is 0 Å². The van der Waals surface area contributed by atoms with Gasteiger partial charge in [0.05, 0.1) is 5.69 Å². The van der Waals surface area contributed by atoms with E-state index >= 15 is 0 Å². The van der Waals surface area contributed by atoms with Gasteiger partial charge in [-0.1, -0.05) is 84.4 Å². The van der Waals surface area contributed by atoms with Crippen molar-refractivity contribution in [3.63, 3.8) is 0 Å². The number of nitrogens with zero attached hydrogens (tertiary/aromatic N) is 1. The van der Waals surface area contributed by atoms with Gasteiger partial charge >= 0.3 is 0 Å². The van der Waals surface area contributed by atoms with E-state index in [1.165, 1.54) is 16.0 Å². The zero-order valence-corrected chi connectivity index (χ0v) is 16.3. The third kappa shape index (κ3) is 4.57. The maximum atomic E-state index is 6.06. The second kappa shape index (κ2) is 8.38. The normalized spacial score (nSPS) is 10.7. The predicted molar refractivity (Wildman–Crippen MR) is 116 cm³/mol. The molecule has 0 unspecified atom stereocenters. The van der Waals surface area contributed by atoms with Crippen molar-refractivity contribution in [1.29, 1.82) is 0 Å². The van der Waals surface area contributed by atoms with Crippen LogP contribution in [0.1, 0.15) is 16.0 Å². The van der Waals surface area contributed by atoms with E-state index in [4.69, 9.17) is 16.6 Å². The molecule has 1 N–H and O–H groups in total. The van der Waals surface area contributed by atoms with Gasteiger partial charge in [0.1, 0.15) is 0 Å². The minimum Gasteiger partial charge on any atom is -0.357 e. The van der Waals surface area contributed by atoms with Crippen LogP contribution >= 0.6 is 22.9 Å². The number of rotatable bonds is 6. The van der Waals surface area contributed by atoms with Gasteiger partial charge in [-0.05, 0) is 23.3 Å². The van der Waals surface area contributed by atoms with Gasteiger partial charge in [0.2, 0.25) is 0 Å². The molecule has 3 aromatic carbocycles. The van der Waals surface area contributed by atoms with Crippen molar-refractivity contribution < 1.29 is 0 Å². The number of nitrogens with one attached hydrogen (secondary N) is 1. The summed E-state index contributed by atoms with van der Waals surface area (Å²) in [6.45, 7) is 0.763. The summed E-state index contributed by atoms with van der Waals surface area (Å²) in [5, 5.41) is 5.15. The molecular weight excluding hydrogens is 372 g/mol. The zero-order valence-electron chi connectivity index (χ0n) is 14.7. The minimum absolute atomic E-state index is 0.737. The molecule has 0 radical (unpaired) electrons. The van der Waals surface area contributed by atoms with Crippen molar-refractivity contribution in [3.8, 4) is 11.3 Å². The number of hydrogen-bond acceptors (Lipinski definition) is 3. The van der Waals surface area contributed by atoms with Gasteiger partial charge < -0.3 is 5.32 Å². The lowest BCUT2D eigenvalue weighted by atomic mass is 10.1. The molecule has 0 spiro atoms. The Labute approximate surface area is 168 Å². The molecule has 0 bridgehead atoms. The summed E-state index contributed by atoms with van der Waals surface area (Å²) < 4.78 is 0. The molecule has 4 heteroatoms. The Kier molecular flexibility index (Phi) is 5.52. The lowest BCUT2D eigenvalue weighted by Crippen LogP contribution is -1.98. The van der Waals surface area contributed by atoms with E-state index in [-0.39, 0.29) is 0 Å². The van der Waals surface area contributed by atoms with Crippen LogP contribution in [0.25, 0.3) is 11.3 Å². The first-order chi connectivity index (χ1) is 13.3. The van der Waals surface area contributed by atoms with Crippen LogP contribution in [-0.2, 0) is 13.0 Å². The average molecular weight is 391 g/mol. The molecule has 1 aromatic heterocycles. The number of hydrogen-bond donors (Lipinski definition) is 1. The van der Waals surface area contributed by atoms with Gasteiger partial charge in [0, 0.05) is 28.4 Å². The van der Waals surface area contributed by atoms with Gasteiger partial charge in [0.25, 0.3) is 0 Å². The summed E-state index contributed by atoms with van der Waals surface area (Å²) >= 11 is 7.78. The summed E-state index contributed by atoms with van der Waals surface area (Å²) in [5.74, 6) is 0. The van der Waals surface area contributed by atoms with Crippen LogP contribution in [0.3, 0.4) is 0 Å². The fraction of sp³-hybridized carbons (Fsp3) is 0.0870. The zero-order chi connectivity index (χ0) is 18.5. The summed E-state index contributed by atoms with van der Waals surface area (Å²) in [4.78, 5) is 6.13. The lowest BCUT2D eigenvalue weighted by Gasteiger charge is -2.03. The van der Waals surface area contributed by atoms with E-state index in [2.05, 4.69) is 53.8 Å². The predicted octanol–water partition coefficient (Wildman–Crippen LogP) is 6.67. The van der Waals surface area contributed by atoms with Crippen LogP contribution in [0.2, 0.25) is 5.02 Å². The van der Waals surface area contributed by atoms with Crippen LogP contribution < -0.4 is 5.32 Å². The lowest BCUT2D eigenvalue weighted by molar-refractivity contribution is 1.13. The third-order valence-corrected chi connectivity index (χ3v) is 5.57. The highest BCUT2D eigenvalue weighted by Crippen LogP contribution is 2.33. The van der Waals surface area contributed by atoms with Crippen molar-refractivity contribution >= 4 is 28.1 Å². The van der Waals surface area contributed by atoms with Crippen molar-refractivity contribution in [2.45, 2.75) is 13.0 Å². The topological polar surface area (TPSA) is 24.9 Å². The molecule has 4 aromatic rings. The van der Waals surface area contributed by atoms with Gasteiger partial charge in [-0.25, -0.2) is 4.98 Å². The molecule has 0 saturated heterocycles. The number of aromatic nitrogens is 1. The number of anilines is 1. The Bertz CT molecular complexity index is 996. The summed E-state index contributed by atoms with van der Waals surface area (Å²) in [6.07, 6.45) is 0.865. The molecular formula is C23H19ClN2S. The molecule has 2 nitrogen and oxygen atoms in total. The van der Waals surface area contributed by atoms with Gasteiger partial charge in [-0.2, -0.15) is 0 Å². The molecule has 0 aliphatic heterocycles. The fourth-order valence-electron chi connectivity index (χ4n) is 2.94. The Balaban J connectivity index is 1.62.